The van der Waals surface area contributed by atoms with E-state index in [1.165, 1.54) is 0 Å². The van der Waals surface area contributed by atoms with Crippen LogP contribution in [0.3, 0.4) is 0 Å². The summed E-state index contributed by atoms with van der Waals surface area (Å²) in [7, 11) is 0. The van der Waals surface area contributed by atoms with Gasteiger partial charge in [-0.2, -0.15) is 0 Å². The lowest BCUT2D eigenvalue weighted by atomic mass is 9.95. The summed E-state index contributed by atoms with van der Waals surface area (Å²) in [5, 5.41) is 11.6. The highest BCUT2D eigenvalue weighted by Gasteiger charge is 2.40. The number of carboxylic acid groups (broad SMARTS) is 1. The monoisotopic (exact) mass is 211 g/mol. The van der Waals surface area contributed by atoms with Gasteiger partial charge in [0.25, 0.3) is 0 Å². The van der Waals surface area contributed by atoms with E-state index in [1.54, 1.807) is 6.08 Å². The quantitative estimate of drug-likeness (QED) is 0.683. The molecule has 1 aliphatic rings. The molecule has 0 aromatic carbocycles. The van der Waals surface area contributed by atoms with Crippen LogP contribution in [0.4, 0.5) is 0 Å². The van der Waals surface area contributed by atoms with E-state index in [0.717, 1.165) is 0 Å². The fraction of sp³-hybridized carbons (Fsp3) is 0.636. The molecule has 0 radical (unpaired) electrons. The summed E-state index contributed by atoms with van der Waals surface area (Å²) >= 11 is 0. The van der Waals surface area contributed by atoms with Crippen molar-refractivity contribution in [3.8, 4) is 0 Å². The number of nitrogens with one attached hydrogen (secondary N) is 1. The summed E-state index contributed by atoms with van der Waals surface area (Å²) < 4.78 is 0. The van der Waals surface area contributed by atoms with Gasteiger partial charge in [0.05, 0.1) is 11.8 Å². The van der Waals surface area contributed by atoms with Crippen molar-refractivity contribution in [1.82, 2.24) is 5.32 Å². The zero-order valence-electron chi connectivity index (χ0n) is 8.90. The third-order valence-corrected chi connectivity index (χ3v) is 2.87. The van der Waals surface area contributed by atoms with E-state index >= 15 is 0 Å². The lowest BCUT2D eigenvalue weighted by Gasteiger charge is -2.14. The third kappa shape index (κ3) is 2.81. The number of carbonyl (C=O) groups excluding carboxylic acids is 1. The van der Waals surface area contributed by atoms with Crippen molar-refractivity contribution in [3.05, 3.63) is 12.7 Å². The van der Waals surface area contributed by atoms with Crippen LogP contribution in [0.5, 0.6) is 0 Å². The molecule has 1 fully saturated rings. The number of carboxylic acids is 1. The maximum Gasteiger partial charge on any atom is 0.307 e. The summed E-state index contributed by atoms with van der Waals surface area (Å²) in [6, 6.07) is 0. The lowest BCUT2D eigenvalue weighted by Crippen LogP contribution is -2.35. The summed E-state index contributed by atoms with van der Waals surface area (Å²) in [6.07, 6.45) is 2.85. The number of hydrogen-bond donors (Lipinski definition) is 2. The van der Waals surface area contributed by atoms with Gasteiger partial charge < -0.3 is 10.4 Å². The van der Waals surface area contributed by atoms with Crippen molar-refractivity contribution in [2.75, 3.05) is 6.54 Å². The van der Waals surface area contributed by atoms with E-state index in [4.69, 9.17) is 5.11 Å². The predicted molar refractivity (Wildman–Crippen MR) is 56.2 cm³/mol. The van der Waals surface area contributed by atoms with Gasteiger partial charge >= 0.3 is 5.97 Å². The lowest BCUT2D eigenvalue weighted by molar-refractivity contribution is -0.146. The molecule has 0 aromatic rings. The fourth-order valence-electron chi connectivity index (χ4n) is 2.16. The smallest absolute Gasteiger partial charge is 0.307 e. The van der Waals surface area contributed by atoms with Crippen molar-refractivity contribution >= 4 is 11.9 Å². The van der Waals surface area contributed by atoms with Gasteiger partial charge in [-0.1, -0.05) is 13.0 Å². The van der Waals surface area contributed by atoms with Gasteiger partial charge in [0, 0.05) is 6.54 Å². The first-order chi connectivity index (χ1) is 7.06. The van der Waals surface area contributed by atoms with E-state index in [0.29, 0.717) is 25.3 Å². The Labute approximate surface area is 89.4 Å². The minimum atomic E-state index is -0.863. The van der Waals surface area contributed by atoms with Crippen LogP contribution >= 0.6 is 0 Å². The second-order valence-electron chi connectivity index (χ2n) is 4.16. The first-order valence-electron chi connectivity index (χ1n) is 5.17. The molecule has 0 spiro atoms. The normalized spacial score (nSPS) is 29.8. The van der Waals surface area contributed by atoms with E-state index < -0.39 is 11.9 Å². The molecule has 1 amide bonds. The van der Waals surface area contributed by atoms with Crippen molar-refractivity contribution in [2.45, 2.75) is 19.8 Å². The highest BCUT2D eigenvalue weighted by molar-refractivity contribution is 5.85. The average Bonchev–Trinajstić information content (AvgIpc) is 2.57. The zero-order chi connectivity index (χ0) is 11.4. The summed E-state index contributed by atoms with van der Waals surface area (Å²) in [4.78, 5) is 22.6. The molecule has 0 bridgehead atoms. The Balaban J connectivity index is 2.62. The highest BCUT2D eigenvalue weighted by Crippen LogP contribution is 2.36. The van der Waals surface area contributed by atoms with Crippen LogP contribution < -0.4 is 5.32 Å². The average molecular weight is 211 g/mol. The Kier molecular flexibility index (Phi) is 3.88. The van der Waals surface area contributed by atoms with Gasteiger partial charge in [-0.25, -0.2) is 0 Å². The summed E-state index contributed by atoms with van der Waals surface area (Å²) in [6.45, 7) is 5.88. The second kappa shape index (κ2) is 4.96. The summed E-state index contributed by atoms with van der Waals surface area (Å²) in [5.74, 6) is -1.61. The Morgan fingerprint density at radius 2 is 2.07 bits per heavy atom. The first-order valence-corrected chi connectivity index (χ1v) is 5.17. The Morgan fingerprint density at radius 3 is 2.60 bits per heavy atom. The number of amides is 1. The molecular formula is C11H17NO3. The molecule has 1 rings (SSSR count). The van der Waals surface area contributed by atoms with Crippen LogP contribution in [0.15, 0.2) is 12.7 Å². The molecule has 0 aliphatic heterocycles. The molecule has 4 nitrogen and oxygen atoms in total. The predicted octanol–water partition coefficient (Wildman–Crippen LogP) is 1.04. The Morgan fingerprint density at radius 1 is 1.47 bits per heavy atom. The van der Waals surface area contributed by atoms with E-state index in [2.05, 4.69) is 11.9 Å². The number of hydrogen-bond acceptors (Lipinski definition) is 2. The van der Waals surface area contributed by atoms with E-state index in [-0.39, 0.29) is 11.8 Å². The maximum absolute atomic E-state index is 11.6. The van der Waals surface area contributed by atoms with Gasteiger partial charge in [-0.15, -0.1) is 6.58 Å². The molecule has 1 saturated carbocycles. The Hall–Kier alpha value is -1.32. The minimum Gasteiger partial charge on any atom is -0.481 e. The second-order valence-corrected chi connectivity index (χ2v) is 4.16. The molecule has 3 unspecified atom stereocenters. The molecule has 3 atom stereocenters. The highest BCUT2D eigenvalue weighted by atomic mass is 16.4. The largest absolute Gasteiger partial charge is 0.481 e. The molecule has 4 heteroatoms. The third-order valence-electron chi connectivity index (χ3n) is 2.87. The van der Waals surface area contributed by atoms with E-state index in [9.17, 15) is 9.59 Å². The standard InChI is InChI=1S/C11H17NO3/c1-3-4-12-10(13)8-5-7(2)6-9(8)11(14)15/h3,7-9H,1,4-6H2,2H3,(H,12,13)(H,14,15). The van der Waals surface area contributed by atoms with Crippen molar-refractivity contribution < 1.29 is 14.7 Å². The molecule has 0 saturated heterocycles. The number of aliphatic carboxylic acids is 1. The number of carbonyl (C=O) groups is 2. The maximum atomic E-state index is 11.6. The zero-order valence-corrected chi connectivity index (χ0v) is 8.90. The van der Waals surface area contributed by atoms with Crippen LogP contribution in [0.25, 0.3) is 0 Å². The van der Waals surface area contributed by atoms with E-state index in [1.807, 2.05) is 6.92 Å². The van der Waals surface area contributed by atoms with Gasteiger partial charge in [0.15, 0.2) is 0 Å². The van der Waals surface area contributed by atoms with Gasteiger partial charge in [-0.3, -0.25) is 9.59 Å². The van der Waals surface area contributed by atoms with Crippen LogP contribution in [0.2, 0.25) is 0 Å². The SMILES string of the molecule is C=CCNC(=O)C1CC(C)CC1C(=O)O. The number of rotatable bonds is 4. The Bertz CT molecular complexity index is 275. The minimum absolute atomic E-state index is 0.161. The first kappa shape index (κ1) is 11.8. The molecule has 2 N–H and O–H groups in total. The van der Waals surface area contributed by atoms with Crippen LogP contribution in [0.1, 0.15) is 19.8 Å². The van der Waals surface area contributed by atoms with Crippen molar-refractivity contribution in [1.29, 1.82) is 0 Å². The van der Waals surface area contributed by atoms with Gasteiger partial charge in [-0.05, 0) is 18.8 Å². The van der Waals surface area contributed by atoms with Gasteiger partial charge in [0.2, 0.25) is 5.91 Å². The molecule has 15 heavy (non-hydrogen) atoms. The summed E-state index contributed by atoms with van der Waals surface area (Å²) in [5.41, 5.74) is 0. The van der Waals surface area contributed by atoms with Gasteiger partial charge in [0.1, 0.15) is 0 Å². The molecule has 0 aromatic heterocycles. The molecule has 1 aliphatic carbocycles. The van der Waals surface area contributed by atoms with Crippen LogP contribution in [-0.2, 0) is 9.59 Å². The molecule has 84 valence electrons. The van der Waals surface area contributed by atoms with Crippen molar-refractivity contribution in [3.63, 3.8) is 0 Å². The molecular weight excluding hydrogens is 194 g/mol. The van der Waals surface area contributed by atoms with Crippen LogP contribution in [0, 0.1) is 17.8 Å². The van der Waals surface area contributed by atoms with Crippen molar-refractivity contribution in [2.24, 2.45) is 17.8 Å². The topological polar surface area (TPSA) is 66.4 Å². The fourth-order valence-corrected chi connectivity index (χ4v) is 2.16. The van der Waals surface area contributed by atoms with Crippen LogP contribution in [-0.4, -0.2) is 23.5 Å². The molecule has 0 heterocycles.